The van der Waals surface area contributed by atoms with E-state index in [1.807, 2.05) is 0 Å². The molecule has 0 amide bonds. The van der Waals surface area contributed by atoms with Crippen molar-refractivity contribution < 1.29 is 9.47 Å². The lowest BCUT2D eigenvalue weighted by Gasteiger charge is -2.48. The maximum Gasteiger partial charge on any atom is 0.257 e. The van der Waals surface area contributed by atoms with Gasteiger partial charge in [-0.15, -0.1) is 0 Å². The van der Waals surface area contributed by atoms with E-state index in [4.69, 9.17) is 9.47 Å². The van der Waals surface area contributed by atoms with Crippen LogP contribution in [0, 0.1) is 0 Å². The van der Waals surface area contributed by atoms with Crippen LogP contribution in [0.5, 0.6) is 23.0 Å². The molecular weight excluding hydrogens is 755 g/mol. The van der Waals surface area contributed by atoms with Crippen molar-refractivity contribution in [1.82, 2.24) is 0 Å². The molecule has 5 heteroatoms. The number of hydrogen-bond acceptors (Lipinski definition) is 4. The summed E-state index contributed by atoms with van der Waals surface area (Å²) in [6.45, 7) is 13.5. The fraction of sp³-hybridized carbons (Fsp3) is 0.158. The highest BCUT2D eigenvalue weighted by atomic mass is 16.5. The number of para-hydroxylation sites is 4. The van der Waals surface area contributed by atoms with E-state index in [0.717, 1.165) is 67.8 Å². The van der Waals surface area contributed by atoms with Crippen LogP contribution in [0.15, 0.2) is 176 Å². The third-order valence-electron chi connectivity index (χ3n) is 13.7. The van der Waals surface area contributed by atoms with Gasteiger partial charge in [-0.05, 0) is 105 Å². The monoisotopic (exact) mass is 802 g/mol. The number of benzene rings is 8. The molecule has 0 bridgehead atoms. The van der Waals surface area contributed by atoms with Gasteiger partial charge in [-0.25, -0.2) is 0 Å². The molecule has 300 valence electrons. The molecular formula is C57H47BN2O2. The maximum absolute atomic E-state index is 7.48. The molecule has 12 rings (SSSR count). The lowest BCUT2D eigenvalue weighted by molar-refractivity contribution is 0.401. The van der Waals surface area contributed by atoms with Crippen molar-refractivity contribution in [3.05, 3.63) is 209 Å². The van der Waals surface area contributed by atoms with E-state index in [1.54, 1.807) is 0 Å². The predicted molar refractivity (Wildman–Crippen MR) is 256 cm³/mol. The standard InChI is InChI=1S/C57H47BN2O2/c1-55(2,3)36-26-30-38(31-27-36)59-45-20-11-10-19-44(45)58-52-46(59)21-15-22-47(52)60(39-32-28-37(29-33-39)56(4,5)6)48-35-34-43-54(53(48)58)62-51-25-14-9-18-42(51)57(43)40-16-7-12-23-49(40)61-50-24-13-8-17-41(50)57/h7-35H,1-6H3. The average molecular weight is 803 g/mol. The zero-order chi connectivity index (χ0) is 42.1. The van der Waals surface area contributed by atoms with Gasteiger partial charge in [0.1, 0.15) is 23.0 Å². The Morgan fingerprint density at radius 2 is 0.823 bits per heavy atom. The Hall–Kier alpha value is -6.98. The first kappa shape index (κ1) is 36.8. The summed E-state index contributed by atoms with van der Waals surface area (Å²) < 4.78 is 14.2. The zero-order valence-corrected chi connectivity index (χ0v) is 36.0. The summed E-state index contributed by atoms with van der Waals surface area (Å²) >= 11 is 0. The summed E-state index contributed by atoms with van der Waals surface area (Å²) in [5, 5.41) is 0. The summed E-state index contributed by atoms with van der Waals surface area (Å²) in [5.41, 5.74) is 16.9. The number of anilines is 6. The maximum atomic E-state index is 7.48. The van der Waals surface area contributed by atoms with Crippen molar-refractivity contribution in [2.24, 2.45) is 0 Å². The van der Waals surface area contributed by atoms with Crippen molar-refractivity contribution in [3.63, 3.8) is 0 Å². The summed E-state index contributed by atoms with van der Waals surface area (Å²) in [6.07, 6.45) is 0. The van der Waals surface area contributed by atoms with Gasteiger partial charge in [-0.1, -0.05) is 151 Å². The first-order valence-corrected chi connectivity index (χ1v) is 21.9. The van der Waals surface area contributed by atoms with E-state index in [0.29, 0.717) is 0 Å². The lowest BCUT2D eigenvalue weighted by atomic mass is 9.33. The van der Waals surface area contributed by atoms with Gasteiger partial charge < -0.3 is 19.3 Å². The van der Waals surface area contributed by atoms with Gasteiger partial charge in [0.25, 0.3) is 6.71 Å². The van der Waals surface area contributed by atoms with E-state index in [2.05, 4.69) is 227 Å². The summed E-state index contributed by atoms with van der Waals surface area (Å²) in [6, 6.07) is 64.6. The third kappa shape index (κ3) is 5.08. The number of hydrogen-bond donors (Lipinski definition) is 0. The van der Waals surface area contributed by atoms with E-state index >= 15 is 0 Å². The molecule has 0 N–H and O–H groups in total. The molecule has 8 aromatic rings. The van der Waals surface area contributed by atoms with E-state index in [-0.39, 0.29) is 17.5 Å². The largest absolute Gasteiger partial charge is 0.457 e. The fourth-order valence-corrected chi connectivity index (χ4v) is 10.8. The van der Waals surface area contributed by atoms with Crippen LogP contribution in [-0.4, -0.2) is 6.71 Å². The minimum Gasteiger partial charge on any atom is -0.457 e. The second-order valence-corrected chi connectivity index (χ2v) is 19.3. The van der Waals surface area contributed by atoms with Crippen LogP contribution in [0.3, 0.4) is 0 Å². The first-order chi connectivity index (χ1) is 30.0. The molecule has 0 aliphatic carbocycles. The molecule has 0 saturated carbocycles. The highest BCUT2D eigenvalue weighted by Crippen LogP contribution is 2.62. The highest BCUT2D eigenvalue weighted by Gasteiger charge is 2.53. The van der Waals surface area contributed by atoms with Crippen LogP contribution in [0.1, 0.15) is 74.9 Å². The van der Waals surface area contributed by atoms with Gasteiger partial charge >= 0.3 is 0 Å². The molecule has 4 aliphatic heterocycles. The average Bonchev–Trinajstić information content (AvgIpc) is 3.28. The van der Waals surface area contributed by atoms with Crippen LogP contribution < -0.4 is 35.7 Å². The minimum absolute atomic E-state index is 0.0208. The number of ether oxygens (including phenoxy) is 2. The molecule has 0 unspecified atom stereocenters. The summed E-state index contributed by atoms with van der Waals surface area (Å²) in [4.78, 5) is 4.95. The molecule has 4 nitrogen and oxygen atoms in total. The van der Waals surface area contributed by atoms with Gasteiger partial charge in [-0.2, -0.15) is 0 Å². The Morgan fingerprint density at radius 1 is 0.387 bits per heavy atom. The number of rotatable bonds is 2. The fourth-order valence-electron chi connectivity index (χ4n) is 10.8. The highest BCUT2D eigenvalue weighted by molar-refractivity contribution is 7.01. The van der Waals surface area contributed by atoms with Crippen LogP contribution in [0.4, 0.5) is 34.1 Å². The second kappa shape index (κ2) is 13.0. The van der Waals surface area contributed by atoms with Gasteiger partial charge in [0.15, 0.2) is 0 Å². The van der Waals surface area contributed by atoms with E-state index in [9.17, 15) is 0 Å². The number of nitrogens with zero attached hydrogens (tertiary/aromatic N) is 2. The normalized spacial score (nSPS) is 14.9. The molecule has 8 aromatic carbocycles. The molecule has 0 atom stereocenters. The van der Waals surface area contributed by atoms with Crippen molar-refractivity contribution in [3.8, 4) is 23.0 Å². The van der Waals surface area contributed by atoms with Gasteiger partial charge in [-0.3, -0.25) is 0 Å². The Morgan fingerprint density at radius 3 is 1.35 bits per heavy atom. The van der Waals surface area contributed by atoms with Crippen molar-refractivity contribution >= 4 is 57.2 Å². The van der Waals surface area contributed by atoms with Gasteiger partial charge in [0.05, 0.1) is 5.41 Å². The second-order valence-electron chi connectivity index (χ2n) is 19.3. The van der Waals surface area contributed by atoms with Crippen molar-refractivity contribution in [2.45, 2.75) is 57.8 Å². The Bertz CT molecular complexity index is 3040. The summed E-state index contributed by atoms with van der Waals surface area (Å²) in [7, 11) is 0. The molecule has 62 heavy (non-hydrogen) atoms. The minimum atomic E-state index is -0.710. The molecule has 0 aromatic heterocycles. The topological polar surface area (TPSA) is 24.9 Å². The van der Waals surface area contributed by atoms with Gasteiger partial charge in [0, 0.05) is 56.4 Å². The molecule has 0 radical (unpaired) electrons. The van der Waals surface area contributed by atoms with Crippen molar-refractivity contribution in [1.29, 1.82) is 0 Å². The molecule has 1 spiro atoms. The van der Waals surface area contributed by atoms with Crippen LogP contribution in [-0.2, 0) is 16.2 Å². The van der Waals surface area contributed by atoms with Crippen LogP contribution in [0.2, 0.25) is 0 Å². The Labute approximate surface area is 365 Å². The molecule has 0 fully saturated rings. The van der Waals surface area contributed by atoms with E-state index in [1.165, 1.54) is 39.1 Å². The molecule has 4 aliphatic rings. The first-order valence-electron chi connectivity index (χ1n) is 21.9. The number of fused-ring (bicyclic) bond motifs is 13. The quantitative estimate of drug-likeness (QED) is 0.163. The molecule has 4 heterocycles. The van der Waals surface area contributed by atoms with Gasteiger partial charge in [0.2, 0.25) is 0 Å². The lowest BCUT2D eigenvalue weighted by Crippen LogP contribution is -2.62. The summed E-state index contributed by atoms with van der Waals surface area (Å²) in [5.74, 6) is 3.46. The zero-order valence-electron chi connectivity index (χ0n) is 36.0. The smallest absolute Gasteiger partial charge is 0.257 e. The van der Waals surface area contributed by atoms with Crippen LogP contribution in [0.25, 0.3) is 0 Å². The predicted octanol–water partition coefficient (Wildman–Crippen LogP) is 13.0. The van der Waals surface area contributed by atoms with E-state index < -0.39 is 5.41 Å². The SMILES string of the molecule is CC(C)(C)c1ccc(N2c3ccccc3B3c4c2cccc4N(c2ccc(C(C)(C)C)cc2)c2ccc4c(c23)Oc2ccccc2C42c3ccccc3Oc3ccccc32)cc1. The third-order valence-corrected chi connectivity index (χ3v) is 13.7. The van der Waals surface area contributed by atoms with Crippen LogP contribution >= 0.6 is 0 Å². The Balaban J connectivity index is 1.19. The molecule has 0 saturated heterocycles. The van der Waals surface area contributed by atoms with Crippen molar-refractivity contribution in [2.75, 3.05) is 9.80 Å². The Kier molecular flexibility index (Phi) is 7.73.